The molecule has 0 radical (unpaired) electrons. The number of anilines is 1. The highest BCUT2D eigenvalue weighted by molar-refractivity contribution is 6.30. The van der Waals surface area contributed by atoms with Gasteiger partial charge in [-0.3, -0.25) is 4.79 Å². The van der Waals surface area contributed by atoms with Gasteiger partial charge in [0, 0.05) is 10.7 Å². The van der Waals surface area contributed by atoms with Gasteiger partial charge in [0.05, 0.1) is 0 Å². The lowest BCUT2D eigenvalue weighted by Crippen LogP contribution is -2.13. The zero-order valence-electron chi connectivity index (χ0n) is 13.0. The molecular formula is C19H17ClN2O. The fraction of sp³-hybridized carbons (Fsp3) is 0.158. The molecule has 2 rings (SSSR count). The first-order chi connectivity index (χ1) is 11.0. The highest BCUT2D eigenvalue weighted by Crippen LogP contribution is 2.18. The van der Waals surface area contributed by atoms with Gasteiger partial charge in [-0.1, -0.05) is 49.7 Å². The van der Waals surface area contributed by atoms with Crippen LogP contribution in [0.2, 0.25) is 5.02 Å². The summed E-state index contributed by atoms with van der Waals surface area (Å²) in [5.41, 5.74) is 2.65. The summed E-state index contributed by atoms with van der Waals surface area (Å²) < 4.78 is 0. The fourth-order valence-corrected chi connectivity index (χ4v) is 2.15. The number of halogens is 1. The minimum Gasteiger partial charge on any atom is -0.321 e. The number of benzene rings is 2. The van der Waals surface area contributed by atoms with Gasteiger partial charge < -0.3 is 5.32 Å². The minimum absolute atomic E-state index is 0.0419. The van der Waals surface area contributed by atoms with E-state index < -0.39 is 5.91 Å². The molecule has 0 aliphatic carbocycles. The van der Waals surface area contributed by atoms with Crippen LogP contribution in [0.25, 0.3) is 6.08 Å². The lowest BCUT2D eigenvalue weighted by atomic mass is 10.0. The summed E-state index contributed by atoms with van der Waals surface area (Å²) in [6, 6.07) is 16.5. The third kappa shape index (κ3) is 4.70. The molecule has 0 spiro atoms. The molecule has 0 saturated heterocycles. The van der Waals surface area contributed by atoms with Gasteiger partial charge in [-0.15, -0.1) is 0 Å². The van der Waals surface area contributed by atoms with Gasteiger partial charge in [-0.05, 0) is 47.4 Å². The van der Waals surface area contributed by atoms with E-state index in [0.29, 0.717) is 16.6 Å². The van der Waals surface area contributed by atoms with E-state index in [0.717, 1.165) is 5.56 Å². The summed E-state index contributed by atoms with van der Waals surface area (Å²) in [7, 11) is 0. The van der Waals surface area contributed by atoms with E-state index in [-0.39, 0.29) is 5.57 Å². The van der Waals surface area contributed by atoms with Crippen LogP contribution in [0.5, 0.6) is 0 Å². The number of nitriles is 1. The highest BCUT2D eigenvalue weighted by atomic mass is 35.5. The van der Waals surface area contributed by atoms with Crippen LogP contribution in [0.15, 0.2) is 54.1 Å². The molecule has 3 nitrogen and oxygen atoms in total. The van der Waals surface area contributed by atoms with Crippen molar-refractivity contribution in [1.29, 1.82) is 5.26 Å². The zero-order chi connectivity index (χ0) is 16.8. The van der Waals surface area contributed by atoms with Gasteiger partial charge in [0.2, 0.25) is 0 Å². The van der Waals surface area contributed by atoms with Crippen LogP contribution in [-0.4, -0.2) is 5.91 Å². The summed E-state index contributed by atoms with van der Waals surface area (Å²) in [6.07, 6.45) is 1.54. The molecule has 0 heterocycles. The van der Waals surface area contributed by atoms with Gasteiger partial charge in [-0.25, -0.2) is 0 Å². The maximum Gasteiger partial charge on any atom is 0.266 e. The quantitative estimate of drug-likeness (QED) is 0.635. The van der Waals surface area contributed by atoms with Gasteiger partial charge in [0.1, 0.15) is 11.6 Å². The van der Waals surface area contributed by atoms with Crippen molar-refractivity contribution in [2.24, 2.45) is 0 Å². The van der Waals surface area contributed by atoms with E-state index in [1.54, 1.807) is 24.3 Å². The van der Waals surface area contributed by atoms with E-state index in [1.165, 1.54) is 11.6 Å². The molecular weight excluding hydrogens is 308 g/mol. The summed E-state index contributed by atoms with van der Waals surface area (Å²) in [4.78, 5) is 12.2. The van der Waals surface area contributed by atoms with Crippen molar-refractivity contribution >= 4 is 29.3 Å². The minimum atomic E-state index is -0.431. The van der Waals surface area contributed by atoms with Crippen molar-refractivity contribution in [3.63, 3.8) is 0 Å². The summed E-state index contributed by atoms with van der Waals surface area (Å²) in [5.74, 6) is -0.000955. The number of hydrogen-bond donors (Lipinski definition) is 1. The topological polar surface area (TPSA) is 52.9 Å². The maximum absolute atomic E-state index is 12.2. The first-order valence-corrected chi connectivity index (χ1v) is 7.66. The molecule has 2 aromatic carbocycles. The highest BCUT2D eigenvalue weighted by Gasteiger charge is 2.10. The number of amides is 1. The SMILES string of the molecule is CC(C)c1ccc(NC(=O)/C(C#N)=C/c2ccc(Cl)cc2)cc1. The largest absolute Gasteiger partial charge is 0.321 e. The first-order valence-electron chi connectivity index (χ1n) is 7.28. The Balaban J connectivity index is 2.14. The smallest absolute Gasteiger partial charge is 0.266 e. The predicted octanol–water partition coefficient (Wildman–Crippen LogP) is 5.01. The Morgan fingerprint density at radius 2 is 1.74 bits per heavy atom. The Hall–Kier alpha value is -2.57. The van der Waals surface area contributed by atoms with Gasteiger partial charge >= 0.3 is 0 Å². The Morgan fingerprint density at radius 3 is 2.26 bits per heavy atom. The molecule has 0 unspecified atom stereocenters. The molecule has 0 atom stereocenters. The number of nitrogens with zero attached hydrogens (tertiary/aromatic N) is 1. The van der Waals surface area contributed by atoms with Crippen LogP contribution in [0.4, 0.5) is 5.69 Å². The lowest BCUT2D eigenvalue weighted by Gasteiger charge is -2.08. The summed E-state index contributed by atoms with van der Waals surface area (Å²) in [6.45, 7) is 4.21. The molecule has 0 aromatic heterocycles. The van der Waals surface area contributed by atoms with Crippen LogP contribution in [0.3, 0.4) is 0 Å². The number of hydrogen-bond acceptors (Lipinski definition) is 2. The van der Waals surface area contributed by atoms with Gasteiger partial charge in [0.25, 0.3) is 5.91 Å². The predicted molar refractivity (Wildman–Crippen MR) is 94.2 cm³/mol. The van der Waals surface area contributed by atoms with Crippen LogP contribution >= 0.6 is 11.6 Å². The van der Waals surface area contributed by atoms with Gasteiger partial charge in [0.15, 0.2) is 0 Å². The van der Waals surface area contributed by atoms with Crippen molar-refractivity contribution in [2.75, 3.05) is 5.32 Å². The van der Waals surface area contributed by atoms with Crippen molar-refractivity contribution in [3.8, 4) is 6.07 Å². The lowest BCUT2D eigenvalue weighted by molar-refractivity contribution is -0.112. The molecule has 2 aromatic rings. The first kappa shape index (κ1) is 16.8. The molecule has 0 fully saturated rings. The molecule has 116 valence electrons. The Labute approximate surface area is 141 Å². The van der Waals surface area contributed by atoms with Crippen LogP contribution in [-0.2, 0) is 4.79 Å². The molecule has 0 saturated carbocycles. The molecule has 1 amide bonds. The van der Waals surface area contributed by atoms with Crippen LogP contribution in [0, 0.1) is 11.3 Å². The molecule has 4 heteroatoms. The Bertz CT molecular complexity index is 753. The maximum atomic E-state index is 12.2. The van der Waals surface area contributed by atoms with E-state index in [2.05, 4.69) is 19.2 Å². The Morgan fingerprint density at radius 1 is 1.13 bits per heavy atom. The third-order valence-electron chi connectivity index (χ3n) is 3.38. The number of rotatable bonds is 4. The normalized spacial score (nSPS) is 11.2. The zero-order valence-corrected chi connectivity index (χ0v) is 13.8. The monoisotopic (exact) mass is 324 g/mol. The Kier molecular flexibility index (Phi) is 5.56. The van der Waals surface area contributed by atoms with Crippen molar-refractivity contribution in [3.05, 3.63) is 70.3 Å². The van der Waals surface area contributed by atoms with E-state index in [1.807, 2.05) is 30.3 Å². The van der Waals surface area contributed by atoms with E-state index >= 15 is 0 Å². The molecule has 0 aliphatic heterocycles. The molecule has 23 heavy (non-hydrogen) atoms. The van der Waals surface area contributed by atoms with E-state index in [9.17, 15) is 10.1 Å². The van der Waals surface area contributed by atoms with Crippen molar-refractivity contribution in [1.82, 2.24) is 0 Å². The van der Waals surface area contributed by atoms with Crippen LogP contribution in [0.1, 0.15) is 30.9 Å². The second-order valence-electron chi connectivity index (χ2n) is 5.45. The van der Waals surface area contributed by atoms with Crippen LogP contribution < -0.4 is 5.32 Å². The van der Waals surface area contributed by atoms with Crippen molar-refractivity contribution in [2.45, 2.75) is 19.8 Å². The standard InChI is InChI=1S/C19H17ClN2O/c1-13(2)15-5-9-18(10-6-15)22-19(23)16(12-21)11-14-3-7-17(20)8-4-14/h3-11,13H,1-2H3,(H,22,23)/b16-11+. The number of nitrogens with one attached hydrogen (secondary N) is 1. The van der Waals surface area contributed by atoms with E-state index in [4.69, 9.17) is 11.6 Å². The number of carbonyl (C=O) groups is 1. The molecule has 0 aliphatic rings. The average molecular weight is 325 g/mol. The summed E-state index contributed by atoms with van der Waals surface area (Å²) >= 11 is 5.82. The number of carbonyl (C=O) groups excluding carboxylic acids is 1. The van der Waals surface area contributed by atoms with Gasteiger partial charge in [-0.2, -0.15) is 5.26 Å². The van der Waals surface area contributed by atoms with Crippen molar-refractivity contribution < 1.29 is 4.79 Å². The second-order valence-corrected chi connectivity index (χ2v) is 5.89. The third-order valence-corrected chi connectivity index (χ3v) is 3.63. The fourth-order valence-electron chi connectivity index (χ4n) is 2.02. The average Bonchev–Trinajstić information content (AvgIpc) is 2.54. The summed E-state index contributed by atoms with van der Waals surface area (Å²) in [5, 5.41) is 12.5. The molecule has 0 bridgehead atoms. The second kappa shape index (κ2) is 7.62. The molecule has 1 N–H and O–H groups in total.